The second-order valence-corrected chi connectivity index (χ2v) is 12.6. The van der Waals surface area contributed by atoms with Crippen molar-refractivity contribution in [1.29, 1.82) is 0 Å². The number of carbonyl (C=O) groups is 1. The second kappa shape index (κ2) is 14.0. The number of anilines is 1. The minimum absolute atomic E-state index is 0.00822. The van der Waals surface area contributed by atoms with E-state index >= 15 is 0 Å². The van der Waals surface area contributed by atoms with E-state index in [-0.39, 0.29) is 23.6 Å². The maximum atomic E-state index is 12.9. The molecule has 1 aromatic heterocycles. The van der Waals surface area contributed by atoms with Crippen LogP contribution in [0.15, 0.2) is 78.0 Å². The van der Waals surface area contributed by atoms with Gasteiger partial charge in [0.25, 0.3) is 0 Å². The summed E-state index contributed by atoms with van der Waals surface area (Å²) in [7, 11) is 0. The highest BCUT2D eigenvalue weighted by atomic mass is 32.2. The highest BCUT2D eigenvalue weighted by molar-refractivity contribution is 8.15. The number of nitrogens with one attached hydrogen (secondary N) is 1. The maximum absolute atomic E-state index is 12.9. The van der Waals surface area contributed by atoms with E-state index in [0.29, 0.717) is 27.5 Å². The first-order chi connectivity index (χ1) is 21.9. The van der Waals surface area contributed by atoms with E-state index in [1.54, 1.807) is 4.90 Å². The molecule has 1 saturated heterocycles. The normalized spacial score (nSPS) is 15.1. The van der Waals surface area contributed by atoms with Crippen molar-refractivity contribution in [3.05, 3.63) is 89.7 Å². The number of nitrogens with zero attached hydrogens (tertiary/aromatic N) is 5. The van der Waals surface area contributed by atoms with Gasteiger partial charge in [0.05, 0.1) is 17.1 Å². The van der Waals surface area contributed by atoms with Crippen molar-refractivity contribution in [1.82, 2.24) is 20.1 Å². The summed E-state index contributed by atoms with van der Waals surface area (Å²) in [5.41, 5.74) is 5.51. The molecule has 3 aromatic carbocycles. The molecule has 240 valence electrons. The van der Waals surface area contributed by atoms with Crippen molar-refractivity contribution in [2.75, 3.05) is 10.7 Å². The Morgan fingerprint density at radius 1 is 1.09 bits per heavy atom. The molecule has 0 spiro atoms. The average molecular weight is 667 g/mol. The van der Waals surface area contributed by atoms with Gasteiger partial charge in [-0.05, 0) is 91.8 Å². The monoisotopic (exact) mass is 666 g/mol. The number of thioether (sulfide) groups is 1. The number of aryl methyl sites for hydroxylation is 2. The highest BCUT2D eigenvalue weighted by Gasteiger charge is 2.32. The fourth-order valence-electron chi connectivity index (χ4n) is 4.94. The SMILES string of the molecule is Cc1ccc(C(C)C)c(N2C(=O)CSC2=NC(=S)NC(C)CCc2ccc(-c3ncn(-c4ccc(OC(F)(F)F)cc4)n3)cc2)c1. The lowest BCUT2D eigenvalue weighted by Crippen LogP contribution is -2.34. The van der Waals surface area contributed by atoms with Crippen LogP contribution < -0.4 is 15.0 Å². The van der Waals surface area contributed by atoms with Crippen LogP contribution >= 0.6 is 24.0 Å². The predicted octanol–water partition coefficient (Wildman–Crippen LogP) is 7.60. The van der Waals surface area contributed by atoms with Gasteiger partial charge in [-0.3, -0.25) is 9.69 Å². The van der Waals surface area contributed by atoms with E-state index < -0.39 is 6.36 Å². The summed E-state index contributed by atoms with van der Waals surface area (Å²) >= 11 is 6.96. The lowest BCUT2D eigenvalue weighted by Gasteiger charge is -2.22. The van der Waals surface area contributed by atoms with Gasteiger partial charge >= 0.3 is 6.36 Å². The van der Waals surface area contributed by atoms with Gasteiger partial charge in [-0.2, -0.15) is 4.99 Å². The molecule has 0 bridgehead atoms. The number of hydrogen-bond donors (Lipinski definition) is 1. The molecule has 8 nitrogen and oxygen atoms in total. The fraction of sp³-hybridized carbons (Fsp3) is 0.303. The van der Waals surface area contributed by atoms with Crippen molar-refractivity contribution in [3.63, 3.8) is 0 Å². The predicted molar refractivity (Wildman–Crippen MR) is 180 cm³/mol. The van der Waals surface area contributed by atoms with E-state index in [2.05, 4.69) is 51.1 Å². The topological polar surface area (TPSA) is 84.6 Å². The molecule has 1 aliphatic rings. The number of aromatic nitrogens is 3. The van der Waals surface area contributed by atoms with Crippen molar-refractivity contribution in [3.8, 4) is 22.8 Å². The van der Waals surface area contributed by atoms with Crippen LogP contribution in [0, 0.1) is 6.92 Å². The summed E-state index contributed by atoms with van der Waals surface area (Å²) in [4.78, 5) is 23.6. The molecule has 0 radical (unpaired) electrons. The van der Waals surface area contributed by atoms with E-state index in [1.165, 1.54) is 47.0 Å². The molecular weight excluding hydrogens is 634 g/mol. The first kappa shape index (κ1) is 33.1. The van der Waals surface area contributed by atoms with Crippen LogP contribution in [0.4, 0.5) is 18.9 Å². The zero-order valence-corrected chi connectivity index (χ0v) is 27.3. The standard InChI is InChI=1S/C33H33F3N6O2S2/c1-20(2)27-16-5-21(3)17-28(27)42-29(43)18-46-32(42)39-31(45)38-22(4)6-7-23-8-10-24(11-9-23)30-37-19-41(40-30)25-12-14-26(15-13-25)44-33(34,35)36/h5,8-17,19-20,22H,6-7,18H2,1-4H3,(H,38,45). The first-order valence-corrected chi connectivity index (χ1v) is 16.1. The third-order valence-corrected chi connectivity index (χ3v) is 8.42. The summed E-state index contributed by atoms with van der Waals surface area (Å²) in [5.74, 6) is 0.749. The molecule has 1 unspecified atom stereocenters. The lowest BCUT2D eigenvalue weighted by molar-refractivity contribution is -0.274. The minimum atomic E-state index is -4.75. The molecule has 1 N–H and O–H groups in total. The number of thiocarbonyl (C=S) groups is 1. The number of ether oxygens (including phenoxy) is 1. The Kier molecular flexibility index (Phi) is 10.1. The van der Waals surface area contributed by atoms with Crippen LogP contribution in [-0.2, 0) is 11.2 Å². The Hall–Kier alpha value is -4.23. The van der Waals surface area contributed by atoms with Gasteiger partial charge in [0.2, 0.25) is 5.91 Å². The van der Waals surface area contributed by atoms with Gasteiger partial charge in [0.15, 0.2) is 16.1 Å². The van der Waals surface area contributed by atoms with Crippen molar-refractivity contribution >= 4 is 45.9 Å². The second-order valence-electron chi connectivity index (χ2n) is 11.3. The Labute approximate surface area is 275 Å². The molecule has 5 rings (SSSR count). The Balaban J connectivity index is 1.16. The number of amides is 1. The molecule has 1 fully saturated rings. The number of amidine groups is 1. The average Bonchev–Trinajstić information content (AvgIpc) is 3.63. The molecule has 2 heterocycles. The zero-order valence-electron chi connectivity index (χ0n) is 25.7. The number of halogens is 3. The molecule has 0 aliphatic carbocycles. The van der Waals surface area contributed by atoms with E-state index in [0.717, 1.165) is 40.8 Å². The molecule has 4 aromatic rings. The number of carbonyl (C=O) groups excluding carboxylic acids is 1. The number of aliphatic imine (C=N–C) groups is 1. The number of alkyl halides is 3. The van der Waals surface area contributed by atoms with Crippen LogP contribution in [0.5, 0.6) is 5.75 Å². The van der Waals surface area contributed by atoms with Gasteiger partial charge in [-0.15, -0.1) is 18.3 Å². The molecule has 0 saturated carbocycles. The third kappa shape index (κ3) is 8.32. The van der Waals surface area contributed by atoms with Crippen LogP contribution in [0.2, 0.25) is 0 Å². The van der Waals surface area contributed by atoms with Crippen molar-refractivity contribution in [2.45, 2.75) is 58.9 Å². The van der Waals surface area contributed by atoms with E-state index in [4.69, 9.17) is 12.2 Å². The molecule has 46 heavy (non-hydrogen) atoms. The zero-order chi connectivity index (χ0) is 33.0. The highest BCUT2D eigenvalue weighted by Crippen LogP contribution is 2.34. The van der Waals surface area contributed by atoms with Crippen LogP contribution in [-0.4, -0.2) is 49.1 Å². The number of hydrogen-bond acceptors (Lipinski definition) is 6. The van der Waals surface area contributed by atoms with Gasteiger partial charge in [0.1, 0.15) is 12.1 Å². The molecular formula is C33H33F3N6O2S2. The quantitative estimate of drug-likeness (QED) is 0.184. The Morgan fingerprint density at radius 3 is 2.48 bits per heavy atom. The van der Waals surface area contributed by atoms with Gasteiger partial charge in [0, 0.05) is 11.6 Å². The van der Waals surface area contributed by atoms with E-state index in [9.17, 15) is 18.0 Å². The summed E-state index contributed by atoms with van der Waals surface area (Å²) < 4.78 is 42.7. The first-order valence-electron chi connectivity index (χ1n) is 14.7. The number of benzene rings is 3. The lowest BCUT2D eigenvalue weighted by atomic mass is 9.99. The van der Waals surface area contributed by atoms with Gasteiger partial charge in [-0.1, -0.05) is 62.0 Å². The molecule has 1 amide bonds. The van der Waals surface area contributed by atoms with Gasteiger partial charge in [-0.25, -0.2) is 9.67 Å². The third-order valence-electron chi connectivity index (χ3n) is 7.29. The molecule has 1 aliphatic heterocycles. The smallest absolute Gasteiger partial charge is 0.406 e. The minimum Gasteiger partial charge on any atom is -0.406 e. The van der Waals surface area contributed by atoms with Crippen LogP contribution in [0.3, 0.4) is 0 Å². The Morgan fingerprint density at radius 2 is 1.80 bits per heavy atom. The van der Waals surface area contributed by atoms with Crippen LogP contribution in [0.25, 0.3) is 17.1 Å². The molecule has 13 heteroatoms. The van der Waals surface area contributed by atoms with Gasteiger partial charge < -0.3 is 10.1 Å². The summed E-state index contributed by atoms with van der Waals surface area (Å²) in [5, 5.41) is 8.67. The summed E-state index contributed by atoms with van der Waals surface area (Å²) in [6, 6.07) is 19.5. The van der Waals surface area contributed by atoms with E-state index in [1.807, 2.05) is 44.2 Å². The maximum Gasteiger partial charge on any atom is 0.573 e. The van der Waals surface area contributed by atoms with Crippen molar-refractivity contribution < 1.29 is 22.7 Å². The van der Waals surface area contributed by atoms with Crippen molar-refractivity contribution in [2.24, 2.45) is 4.99 Å². The largest absolute Gasteiger partial charge is 0.573 e. The summed E-state index contributed by atoms with van der Waals surface area (Å²) in [6.45, 7) is 8.27. The molecule has 1 atom stereocenters. The van der Waals surface area contributed by atoms with Crippen LogP contribution in [0.1, 0.15) is 49.8 Å². The fourth-order valence-corrected chi connectivity index (χ4v) is 6.16. The number of rotatable bonds is 9. The Bertz CT molecular complexity index is 1740. The summed E-state index contributed by atoms with van der Waals surface area (Å²) in [6.07, 6.45) is -1.64.